The molecule has 0 spiro atoms. The number of rotatable bonds is 8. The van der Waals surface area contributed by atoms with Gasteiger partial charge in [0, 0.05) is 84.9 Å². The summed E-state index contributed by atoms with van der Waals surface area (Å²) < 4.78 is 40.4. The molecule has 8 nitrogen and oxygen atoms in total. The van der Waals surface area contributed by atoms with E-state index < -0.39 is 11.7 Å². The highest BCUT2D eigenvalue weighted by Gasteiger charge is 2.46. The van der Waals surface area contributed by atoms with Gasteiger partial charge in [0.25, 0.3) is 0 Å². The third-order valence-electron chi connectivity index (χ3n) is 11.8. The van der Waals surface area contributed by atoms with E-state index in [4.69, 9.17) is 9.47 Å². The number of nitrogens with zero attached hydrogens (tertiary/aromatic N) is 4. The molecule has 2 heterocycles. The lowest BCUT2D eigenvalue weighted by atomic mass is 9.81. The van der Waals surface area contributed by atoms with Crippen LogP contribution in [0.15, 0.2) is 84.7 Å². The molecule has 8 rings (SSSR count). The number of anilines is 1. The zero-order chi connectivity index (χ0) is 36.2. The summed E-state index contributed by atoms with van der Waals surface area (Å²) >= 11 is 0. The van der Waals surface area contributed by atoms with Gasteiger partial charge in [-0.05, 0) is 65.4 Å². The maximum atomic E-state index is 14.8. The standard InChI is InChI=1S/C33H44F2N4O3.C9H8O/c1-41-30-6-4-3-5-29(30)38-15-13-37(14-16-38)23-33(42-2)10-9-27(35)21-31(33)39-17-11-36(12-18-39)22-25-19-24-20-26(34)7-8-28(24)32(25)40;10-9-6-5-7-3-1-2-4-8(7)9/h3-8,20-21,25,31-32,40H,9-19,22-23H2,1-2H3;1-6,9-10H. The van der Waals surface area contributed by atoms with Crippen LogP contribution in [-0.2, 0) is 11.2 Å². The van der Waals surface area contributed by atoms with Crippen LogP contribution in [0, 0.1) is 11.7 Å². The molecule has 5 aliphatic rings. The molecule has 2 saturated heterocycles. The molecule has 278 valence electrons. The molecule has 5 atom stereocenters. The van der Waals surface area contributed by atoms with Crippen LogP contribution in [0.3, 0.4) is 0 Å². The maximum Gasteiger partial charge on any atom is 0.142 e. The molecular formula is C42H52F2N4O4. The lowest BCUT2D eigenvalue weighted by molar-refractivity contribution is -0.100. The first-order valence-corrected chi connectivity index (χ1v) is 18.7. The molecule has 0 radical (unpaired) electrons. The van der Waals surface area contributed by atoms with Crippen LogP contribution >= 0.6 is 0 Å². The number of halogens is 2. The molecule has 0 amide bonds. The normalized spacial score (nSPS) is 27.8. The number of allylic oxidation sites excluding steroid dienone is 1. The summed E-state index contributed by atoms with van der Waals surface area (Å²) in [4.78, 5) is 9.63. The van der Waals surface area contributed by atoms with Gasteiger partial charge in [-0.25, -0.2) is 8.78 Å². The summed E-state index contributed by atoms with van der Waals surface area (Å²) in [6, 6.07) is 20.6. The Labute approximate surface area is 306 Å². The fourth-order valence-electron chi connectivity index (χ4n) is 8.84. The number of para-hydroxylation sites is 2. The van der Waals surface area contributed by atoms with Gasteiger partial charge in [-0.15, -0.1) is 0 Å². The van der Waals surface area contributed by atoms with E-state index in [0.717, 1.165) is 99.1 Å². The third kappa shape index (κ3) is 7.83. The molecule has 3 aliphatic carbocycles. The summed E-state index contributed by atoms with van der Waals surface area (Å²) in [6.45, 7) is 8.46. The molecule has 0 aromatic heterocycles. The number of aliphatic hydroxyl groups is 2. The Morgan fingerprint density at radius 1 is 0.827 bits per heavy atom. The van der Waals surface area contributed by atoms with Crippen LogP contribution in [-0.4, -0.2) is 116 Å². The van der Waals surface area contributed by atoms with Crippen molar-refractivity contribution in [3.8, 4) is 5.75 Å². The van der Waals surface area contributed by atoms with Crippen LogP contribution < -0.4 is 9.64 Å². The Bertz CT molecular complexity index is 1740. The van der Waals surface area contributed by atoms with Crippen molar-refractivity contribution in [1.29, 1.82) is 0 Å². The van der Waals surface area contributed by atoms with Crippen LogP contribution in [0.2, 0.25) is 0 Å². The molecule has 10 heteroatoms. The van der Waals surface area contributed by atoms with E-state index in [-0.39, 0.29) is 29.7 Å². The lowest BCUT2D eigenvalue weighted by Crippen LogP contribution is -2.64. The first kappa shape index (κ1) is 36.7. The molecule has 0 bridgehead atoms. The molecule has 2 N–H and O–H groups in total. The summed E-state index contributed by atoms with van der Waals surface area (Å²) in [5, 5.41) is 20.2. The van der Waals surface area contributed by atoms with Crippen molar-refractivity contribution in [3.63, 3.8) is 0 Å². The number of ether oxygens (including phenoxy) is 2. The van der Waals surface area contributed by atoms with Gasteiger partial charge in [0.05, 0.1) is 42.5 Å². The smallest absolute Gasteiger partial charge is 0.142 e. The molecule has 3 aromatic carbocycles. The fourth-order valence-corrected chi connectivity index (χ4v) is 8.84. The molecule has 2 fully saturated rings. The largest absolute Gasteiger partial charge is 0.495 e. The predicted molar refractivity (Wildman–Crippen MR) is 201 cm³/mol. The van der Waals surface area contributed by atoms with Gasteiger partial charge in [0.1, 0.15) is 11.6 Å². The predicted octanol–water partition coefficient (Wildman–Crippen LogP) is 5.63. The van der Waals surface area contributed by atoms with Crippen LogP contribution in [0.25, 0.3) is 6.08 Å². The molecular weight excluding hydrogens is 662 g/mol. The van der Waals surface area contributed by atoms with E-state index in [1.54, 1.807) is 38.5 Å². The van der Waals surface area contributed by atoms with Gasteiger partial charge >= 0.3 is 0 Å². The number of aliphatic hydroxyl groups excluding tert-OH is 2. The van der Waals surface area contributed by atoms with E-state index >= 15 is 0 Å². The number of hydrogen-bond donors (Lipinski definition) is 2. The average molecular weight is 715 g/mol. The van der Waals surface area contributed by atoms with Crippen molar-refractivity contribution < 1.29 is 28.5 Å². The summed E-state index contributed by atoms with van der Waals surface area (Å²) in [6.07, 6.45) is 6.38. The molecule has 2 aliphatic heterocycles. The second-order valence-electron chi connectivity index (χ2n) is 14.8. The van der Waals surface area contributed by atoms with Crippen LogP contribution in [0.5, 0.6) is 5.75 Å². The van der Waals surface area contributed by atoms with E-state index in [0.29, 0.717) is 19.3 Å². The van der Waals surface area contributed by atoms with Gasteiger partial charge in [0.2, 0.25) is 0 Å². The van der Waals surface area contributed by atoms with E-state index in [1.807, 2.05) is 48.5 Å². The lowest BCUT2D eigenvalue weighted by Gasteiger charge is -2.51. The van der Waals surface area contributed by atoms with Gasteiger partial charge in [-0.1, -0.05) is 54.6 Å². The van der Waals surface area contributed by atoms with Crippen molar-refractivity contribution in [1.82, 2.24) is 14.7 Å². The molecule has 3 aromatic rings. The number of piperazine rings is 2. The zero-order valence-corrected chi connectivity index (χ0v) is 30.3. The summed E-state index contributed by atoms with van der Waals surface area (Å²) in [5.74, 6) is 0.665. The molecule has 0 saturated carbocycles. The van der Waals surface area contributed by atoms with E-state index in [9.17, 15) is 19.0 Å². The Hall–Kier alpha value is -3.64. The number of methoxy groups -OCH3 is 2. The fraction of sp³-hybridized carbons (Fsp3) is 0.476. The third-order valence-corrected chi connectivity index (χ3v) is 11.8. The Morgan fingerprint density at radius 2 is 1.56 bits per heavy atom. The Balaban J connectivity index is 0.000000360. The zero-order valence-electron chi connectivity index (χ0n) is 30.3. The average Bonchev–Trinajstić information content (AvgIpc) is 3.71. The van der Waals surface area contributed by atoms with Crippen LogP contribution in [0.4, 0.5) is 14.5 Å². The first-order valence-electron chi connectivity index (χ1n) is 18.7. The second-order valence-corrected chi connectivity index (χ2v) is 14.8. The van der Waals surface area contributed by atoms with Gasteiger partial charge in [-0.3, -0.25) is 9.80 Å². The monoisotopic (exact) mass is 714 g/mol. The minimum Gasteiger partial charge on any atom is -0.495 e. The van der Waals surface area contributed by atoms with Crippen LogP contribution in [0.1, 0.15) is 47.3 Å². The van der Waals surface area contributed by atoms with E-state index in [1.165, 1.54) is 6.07 Å². The maximum absolute atomic E-state index is 14.8. The quantitative estimate of drug-likeness (QED) is 0.312. The minimum atomic E-state index is -0.557. The van der Waals surface area contributed by atoms with Crippen molar-refractivity contribution in [3.05, 3.63) is 113 Å². The van der Waals surface area contributed by atoms with E-state index in [2.05, 4.69) is 25.7 Å². The summed E-state index contributed by atoms with van der Waals surface area (Å²) in [7, 11) is 3.50. The van der Waals surface area contributed by atoms with Crippen molar-refractivity contribution in [2.24, 2.45) is 5.92 Å². The highest BCUT2D eigenvalue weighted by atomic mass is 19.1. The number of benzene rings is 3. The highest BCUT2D eigenvalue weighted by Crippen LogP contribution is 2.39. The highest BCUT2D eigenvalue weighted by molar-refractivity contribution is 5.61. The van der Waals surface area contributed by atoms with Crippen molar-refractivity contribution >= 4 is 11.8 Å². The summed E-state index contributed by atoms with van der Waals surface area (Å²) in [5.41, 5.74) is 4.58. The molecule has 52 heavy (non-hydrogen) atoms. The Kier molecular flexibility index (Phi) is 11.4. The topological polar surface area (TPSA) is 71.9 Å². The molecule has 5 unspecified atom stereocenters. The first-order chi connectivity index (χ1) is 25.3. The Morgan fingerprint density at radius 3 is 2.31 bits per heavy atom. The minimum absolute atomic E-state index is 0.0461. The number of fused-ring (bicyclic) bond motifs is 2. The van der Waals surface area contributed by atoms with Crippen molar-refractivity contribution in [2.45, 2.75) is 43.1 Å². The van der Waals surface area contributed by atoms with Gasteiger partial charge in [-0.2, -0.15) is 0 Å². The van der Waals surface area contributed by atoms with Gasteiger partial charge < -0.3 is 29.5 Å². The SMILES string of the molecule is COc1ccccc1N1CCN(CC2(OC)CCC(F)=CC2N2CCN(CC3Cc4cc(F)ccc4C3O)CC2)CC1.OC1C=Cc2ccccc21. The number of hydrogen-bond acceptors (Lipinski definition) is 8. The van der Waals surface area contributed by atoms with Crippen molar-refractivity contribution in [2.75, 3.05) is 84.6 Å². The van der Waals surface area contributed by atoms with Gasteiger partial charge in [0.15, 0.2) is 0 Å². The second kappa shape index (κ2) is 16.2.